The lowest BCUT2D eigenvalue weighted by Crippen LogP contribution is -2.38. The summed E-state index contributed by atoms with van der Waals surface area (Å²) in [4.78, 5) is 4.63. The van der Waals surface area contributed by atoms with Gasteiger partial charge in [0.25, 0.3) is 0 Å². The van der Waals surface area contributed by atoms with Crippen LogP contribution in [0.2, 0.25) is 0 Å². The second kappa shape index (κ2) is 4.53. The van der Waals surface area contributed by atoms with Crippen molar-refractivity contribution in [1.29, 1.82) is 0 Å². The highest BCUT2D eigenvalue weighted by Crippen LogP contribution is 2.36. The molecule has 0 aromatic carbocycles. The first-order valence-electron chi connectivity index (χ1n) is 6.31. The molecule has 1 aromatic heterocycles. The van der Waals surface area contributed by atoms with E-state index in [4.69, 9.17) is 5.73 Å². The Morgan fingerprint density at radius 3 is 2.50 bits per heavy atom. The number of aromatic amines is 1. The molecule has 1 fully saturated rings. The Hall–Kier alpha value is -0.900. The fraction of sp³-hybridized carbons (Fsp3) is 0.833. The van der Waals surface area contributed by atoms with E-state index in [0.29, 0.717) is 12.5 Å². The van der Waals surface area contributed by atoms with E-state index >= 15 is 0 Å². The highest BCUT2D eigenvalue weighted by Gasteiger charge is 2.36. The predicted molar refractivity (Wildman–Crippen MR) is 64.3 cm³/mol. The van der Waals surface area contributed by atoms with E-state index in [0.717, 1.165) is 24.5 Å². The summed E-state index contributed by atoms with van der Waals surface area (Å²) >= 11 is 0. The average molecular weight is 222 g/mol. The average Bonchev–Trinajstić information content (AvgIpc) is 2.80. The van der Waals surface area contributed by atoms with Crippen molar-refractivity contribution in [2.45, 2.75) is 57.3 Å². The third kappa shape index (κ3) is 1.98. The minimum Gasteiger partial charge on any atom is -0.329 e. The van der Waals surface area contributed by atoms with E-state index in [-0.39, 0.29) is 5.41 Å². The molecular weight excluding hydrogens is 200 g/mol. The van der Waals surface area contributed by atoms with Crippen molar-refractivity contribution in [2.24, 2.45) is 5.73 Å². The van der Waals surface area contributed by atoms with Gasteiger partial charge in [-0.15, -0.1) is 0 Å². The lowest BCUT2D eigenvalue weighted by molar-refractivity contribution is 0.286. The third-order valence-electron chi connectivity index (χ3n) is 3.73. The number of rotatable bonds is 3. The quantitative estimate of drug-likeness (QED) is 0.823. The second-order valence-electron chi connectivity index (χ2n) is 5.24. The first-order chi connectivity index (χ1) is 7.68. The molecule has 1 aliphatic carbocycles. The molecule has 4 heteroatoms. The molecule has 0 amide bonds. The lowest BCUT2D eigenvalue weighted by atomic mass is 9.73. The number of aromatic nitrogens is 3. The van der Waals surface area contributed by atoms with Crippen molar-refractivity contribution >= 4 is 0 Å². The largest absolute Gasteiger partial charge is 0.329 e. The zero-order valence-corrected chi connectivity index (χ0v) is 10.3. The summed E-state index contributed by atoms with van der Waals surface area (Å²) in [5.41, 5.74) is 6.01. The van der Waals surface area contributed by atoms with Crippen LogP contribution in [0, 0.1) is 0 Å². The number of H-pyrrole nitrogens is 1. The SMILES string of the molecule is CC(C)c1nc(C2(CN)CCCCC2)n[nH]1. The highest BCUT2D eigenvalue weighted by molar-refractivity contribution is 5.11. The summed E-state index contributed by atoms with van der Waals surface area (Å²) < 4.78 is 0. The van der Waals surface area contributed by atoms with Gasteiger partial charge in [-0.05, 0) is 12.8 Å². The van der Waals surface area contributed by atoms with Crippen molar-refractivity contribution in [3.63, 3.8) is 0 Å². The summed E-state index contributed by atoms with van der Waals surface area (Å²) in [5, 5.41) is 7.43. The van der Waals surface area contributed by atoms with E-state index in [1.807, 2.05) is 0 Å². The Bertz CT molecular complexity index is 337. The molecule has 0 saturated heterocycles. The zero-order valence-electron chi connectivity index (χ0n) is 10.3. The molecule has 0 radical (unpaired) electrons. The van der Waals surface area contributed by atoms with E-state index in [2.05, 4.69) is 29.0 Å². The minimum atomic E-state index is 0.0435. The fourth-order valence-corrected chi connectivity index (χ4v) is 2.52. The van der Waals surface area contributed by atoms with Crippen LogP contribution in [0.1, 0.15) is 63.5 Å². The number of nitrogens with one attached hydrogen (secondary N) is 1. The number of nitrogens with zero attached hydrogens (tertiary/aromatic N) is 2. The van der Waals surface area contributed by atoms with Gasteiger partial charge in [-0.2, -0.15) is 5.10 Å². The fourth-order valence-electron chi connectivity index (χ4n) is 2.52. The molecular formula is C12H22N4. The lowest BCUT2D eigenvalue weighted by Gasteiger charge is -2.33. The minimum absolute atomic E-state index is 0.0435. The maximum Gasteiger partial charge on any atom is 0.158 e. The van der Waals surface area contributed by atoms with Gasteiger partial charge in [0, 0.05) is 17.9 Å². The Kier molecular flexibility index (Phi) is 3.28. The van der Waals surface area contributed by atoms with Crippen LogP contribution in [0.5, 0.6) is 0 Å². The molecule has 1 aliphatic rings. The van der Waals surface area contributed by atoms with Crippen molar-refractivity contribution < 1.29 is 0 Å². The van der Waals surface area contributed by atoms with Gasteiger partial charge in [0.05, 0.1) is 0 Å². The van der Waals surface area contributed by atoms with Gasteiger partial charge in [0.1, 0.15) is 5.82 Å². The molecule has 1 aromatic rings. The summed E-state index contributed by atoms with van der Waals surface area (Å²) in [5.74, 6) is 2.33. The van der Waals surface area contributed by atoms with Crippen LogP contribution in [0.3, 0.4) is 0 Å². The van der Waals surface area contributed by atoms with Gasteiger partial charge in [-0.25, -0.2) is 4.98 Å². The number of hydrogen-bond donors (Lipinski definition) is 2. The number of nitrogens with two attached hydrogens (primary N) is 1. The van der Waals surface area contributed by atoms with Crippen molar-refractivity contribution in [3.8, 4) is 0 Å². The van der Waals surface area contributed by atoms with Gasteiger partial charge in [0.15, 0.2) is 5.82 Å². The van der Waals surface area contributed by atoms with E-state index in [1.165, 1.54) is 19.3 Å². The Morgan fingerprint density at radius 2 is 2.00 bits per heavy atom. The van der Waals surface area contributed by atoms with Crippen molar-refractivity contribution in [3.05, 3.63) is 11.6 Å². The Morgan fingerprint density at radius 1 is 1.31 bits per heavy atom. The molecule has 4 nitrogen and oxygen atoms in total. The Labute approximate surface area is 97.0 Å². The summed E-state index contributed by atoms with van der Waals surface area (Å²) in [6.45, 7) is 4.92. The summed E-state index contributed by atoms with van der Waals surface area (Å²) in [6.07, 6.45) is 6.10. The van der Waals surface area contributed by atoms with Gasteiger partial charge in [-0.3, -0.25) is 5.10 Å². The third-order valence-corrected chi connectivity index (χ3v) is 3.73. The van der Waals surface area contributed by atoms with Gasteiger partial charge in [0.2, 0.25) is 0 Å². The predicted octanol–water partition coefficient (Wildman–Crippen LogP) is 2.09. The maximum atomic E-state index is 5.96. The van der Waals surface area contributed by atoms with E-state index in [9.17, 15) is 0 Å². The molecule has 0 aliphatic heterocycles. The molecule has 1 heterocycles. The van der Waals surface area contributed by atoms with Crippen LogP contribution in [0.4, 0.5) is 0 Å². The smallest absolute Gasteiger partial charge is 0.158 e. The van der Waals surface area contributed by atoms with E-state index < -0.39 is 0 Å². The monoisotopic (exact) mass is 222 g/mol. The van der Waals surface area contributed by atoms with Crippen LogP contribution in [-0.4, -0.2) is 21.7 Å². The standard InChI is InChI=1S/C12H22N4/c1-9(2)10-14-11(16-15-10)12(8-13)6-4-3-5-7-12/h9H,3-8,13H2,1-2H3,(H,14,15,16). The summed E-state index contributed by atoms with van der Waals surface area (Å²) in [6, 6.07) is 0. The van der Waals surface area contributed by atoms with Crippen LogP contribution in [0.15, 0.2) is 0 Å². The molecule has 16 heavy (non-hydrogen) atoms. The van der Waals surface area contributed by atoms with Gasteiger partial charge >= 0.3 is 0 Å². The van der Waals surface area contributed by atoms with Crippen molar-refractivity contribution in [2.75, 3.05) is 6.54 Å². The molecule has 0 unspecified atom stereocenters. The van der Waals surface area contributed by atoms with Crippen LogP contribution < -0.4 is 5.73 Å². The van der Waals surface area contributed by atoms with Gasteiger partial charge < -0.3 is 5.73 Å². The molecule has 2 rings (SSSR count). The first-order valence-corrected chi connectivity index (χ1v) is 6.31. The molecule has 0 bridgehead atoms. The summed E-state index contributed by atoms with van der Waals surface area (Å²) in [7, 11) is 0. The zero-order chi connectivity index (χ0) is 11.6. The van der Waals surface area contributed by atoms with E-state index in [1.54, 1.807) is 0 Å². The number of hydrogen-bond acceptors (Lipinski definition) is 3. The molecule has 90 valence electrons. The normalized spacial score (nSPS) is 20.2. The highest BCUT2D eigenvalue weighted by atomic mass is 15.2. The molecule has 0 spiro atoms. The molecule has 0 atom stereocenters. The van der Waals surface area contributed by atoms with Crippen LogP contribution >= 0.6 is 0 Å². The Balaban J connectivity index is 2.25. The first kappa shape index (κ1) is 11.6. The second-order valence-corrected chi connectivity index (χ2v) is 5.24. The van der Waals surface area contributed by atoms with Gasteiger partial charge in [-0.1, -0.05) is 33.1 Å². The maximum absolute atomic E-state index is 5.96. The molecule has 3 N–H and O–H groups in total. The van der Waals surface area contributed by atoms with Crippen molar-refractivity contribution in [1.82, 2.24) is 15.2 Å². The van der Waals surface area contributed by atoms with Crippen LogP contribution in [0.25, 0.3) is 0 Å². The molecule has 1 saturated carbocycles. The topological polar surface area (TPSA) is 67.6 Å². The van der Waals surface area contributed by atoms with Crippen LogP contribution in [-0.2, 0) is 5.41 Å².